The van der Waals surface area contributed by atoms with E-state index >= 15 is 0 Å². The monoisotopic (exact) mass is 334 g/mol. The van der Waals surface area contributed by atoms with Crippen LogP contribution in [0.15, 0.2) is 33.5 Å². The van der Waals surface area contributed by atoms with Crippen molar-refractivity contribution in [3.05, 3.63) is 61.7 Å². The summed E-state index contributed by atoms with van der Waals surface area (Å²) in [6.07, 6.45) is 1.45. The molecule has 0 saturated heterocycles. The Labute approximate surface area is 127 Å². The Hall–Kier alpha value is -1.42. The molecule has 1 heterocycles. The summed E-state index contributed by atoms with van der Waals surface area (Å²) in [5.41, 5.74) is 3.14. The summed E-state index contributed by atoms with van der Waals surface area (Å²) in [4.78, 5) is 19.4. The molecule has 4 heteroatoms. The highest BCUT2D eigenvalue weighted by molar-refractivity contribution is 9.10. The molecule has 0 unspecified atom stereocenters. The quantitative estimate of drug-likeness (QED) is 0.927. The van der Waals surface area contributed by atoms with Gasteiger partial charge in [-0.05, 0) is 46.3 Å². The minimum atomic E-state index is -0.0979. The van der Waals surface area contributed by atoms with Crippen molar-refractivity contribution in [1.29, 1.82) is 0 Å². The fraction of sp³-hybridized carbons (Fsp3) is 0.375. The van der Waals surface area contributed by atoms with Gasteiger partial charge in [-0.25, -0.2) is 4.98 Å². The van der Waals surface area contributed by atoms with Gasteiger partial charge in [0.1, 0.15) is 10.3 Å². The van der Waals surface area contributed by atoms with E-state index in [4.69, 9.17) is 0 Å². The molecule has 0 fully saturated rings. The van der Waals surface area contributed by atoms with E-state index in [0.29, 0.717) is 16.8 Å². The van der Waals surface area contributed by atoms with E-state index in [1.54, 1.807) is 0 Å². The molecule has 0 saturated carbocycles. The number of nitrogens with one attached hydrogen (secondary N) is 1. The van der Waals surface area contributed by atoms with Gasteiger partial charge >= 0.3 is 0 Å². The molecule has 1 aromatic carbocycles. The number of nitrogens with zero attached hydrogens (tertiary/aromatic N) is 1. The summed E-state index contributed by atoms with van der Waals surface area (Å²) in [5, 5.41) is 0. The smallest absolute Gasteiger partial charge is 0.265 e. The number of rotatable bonds is 4. The van der Waals surface area contributed by atoms with Crippen LogP contribution in [0.1, 0.15) is 36.5 Å². The van der Waals surface area contributed by atoms with Crippen molar-refractivity contribution in [2.75, 3.05) is 0 Å². The van der Waals surface area contributed by atoms with Crippen LogP contribution in [-0.2, 0) is 12.8 Å². The first-order valence-electron chi connectivity index (χ1n) is 6.79. The van der Waals surface area contributed by atoms with Crippen molar-refractivity contribution < 1.29 is 0 Å². The zero-order valence-corrected chi connectivity index (χ0v) is 13.6. The lowest BCUT2D eigenvalue weighted by atomic mass is 10.1. The average molecular weight is 335 g/mol. The van der Waals surface area contributed by atoms with Gasteiger partial charge in [-0.3, -0.25) is 4.79 Å². The Morgan fingerprint density at radius 2 is 2.00 bits per heavy atom. The highest BCUT2D eigenvalue weighted by atomic mass is 79.9. The SMILES string of the molecule is Cc1ccccc1Cc1nc(CC(C)C)c(Br)c(=O)[nH]1. The van der Waals surface area contributed by atoms with Crippen LogP contribution in [0.3, 0.4) is 0 Å². The lowest BCUT2D eigenvalue weighted by molar-refractivity contribution is 0.627. The van der Waals surface area contributed by atoms with E-state index in [2.05, 4.69) is 58.8 Å². The molecule has 0 atom stereocenters. The van der Waals surface area contributed by atoms with Gasteiger partial charge in [-0.2, -0.15) is 0 Å². The molecule has 0 aliphatic heterocycles. The van der Waals surface area contributed by atoms with Gasteiger partial charge in [0.25, 0.3) is 5.56 Å². The summed E-state index contributed by atoms with van der Waals surface area (Å²) in [5.74, 6) is 1.19. The second-order valence-electron chi connectivity index (χ2n) is 5.47. The van der Waals surface area contributed by atoms with Gasteiger partial charge < -0.3 is 4.98 Å². The standard InChI is InChI=1S/C16H19BrN2O/c1-10(2)8-13-15(17)16(20)19-14(18-13)9-12-7-5-4-6-11(12)3/h4-7,10H,8-9H2,1-3H3,(H,18,19,20). The molecule has 0 radical (unpaired) electrons. The summed E-state index contributed by atoms with van der Waals surface area (Å²) in [6, 6.07) is 8.16. The molecule has 106 valence electrons. The zero-order valence-electron chi connectivity index (χ0n) is 12.0. The van der Waals surface area contributed by atoms with Crippen LogP contribution in [0.4, 0.5) is 0 Å². The third-order valence-corrected chi connectivity index (χ3v) is 4.02. The Morgan fingerprint density at radius 1 is 1.30 bits per heavy atom. The maximum Gasteiger partial charge on any atom is 0.265 e. The van der Waals surface area contributed by atoms with Gasteiger partial charge in [0, 0.05) is 6.42 Å². The second kappa shape index (κ2) is 6.35. The maximum atomic E-state index is 12.0. The van der Waals surface area contributed by atoms with Crippen LogP contribution >= 0.6 is 15.9 Å². The molecule has 0 aliphatic carbocycles. The van der Waals surface area contributed by atoms with E-state index in [1.165, 1.54) is 11.1 Å². The fourth-order valence-electron chi connectivity index (χ4n) is 2.15. The first kappa shape index (κ1) is 15.0. The van der Waals surface area contributed by atoms with Crippen molar-refractivity contribution in [2.45, 2.75) is 33.6 Å². The predicted octanol–water partition coefficient (Wildman–Crippen LogP) is 3.63. The van der Waals surface area contributed by atoms with Crippen molar-refractivity contribution >= 4 is 15.9 Å². The van der Waals surface area contributed by atoms with Crippen molar-refractivity contribution in [3.8, 4) is 0 Å². The summed E-state index contributed by atoms with van der Waals surface area (Å²) in [7, 11) is 0. The normalized spacial score (nSPS) is 11.1. The highest BCUT2D eigenvalue weighted by Gasteiger charge is 2.11. The first-order chi connectivity index (χ1) is 9.47. The molecule has 2 rings (SSSR count). The third-order valence-electron chi connectivity index (χ3n) is 3.20. The number of hydrogen-bond donors (Lipinski definition) is 1. The molecular weight excluding hydrogens is 316 g/mol. The largest absolute Gasteiger partial charge is 0.309 e. The maximum absolute atomic E-state index is 12.0. The predicted molar refractivity (Wildman–Crippen MR) is 85.1 cm³/mol. The molecule has 3 nitrogen and oxygen atoms in total. The lowest BCUT2D eigenvalue weighted by Gasteiger charge is -2.10. The Balaban J connectivity index is 2.36. The van der Waals surface area contributed by atoms with E-state index in [-0.39, 0.29) is 5.56 Å². The minimum absolute atomic E-state index is 0.0979. The zero-order chi connectivity index (χ0) is 14.7. The molecular formula is C16H19BrN2O. The number of benzene rings is 1. The van der Waals surface area contributed by atoms with Crippen LogP contribution in [0.25, 0.3) is 0 Å². The molecule has 1 N–H and O–H groups in total. The van der Waals surface area contributed by atoms with Crippen LogP contribution in [-0.4, -0.2) is 9.97 Å². The molecule has 2 aromatic rings. The number of aromatic nitrogens is 2. The van der Waals surface area contributed by atoms with Gasteiger partial charge in [0.2, 0.25) is 0 Å². The Kier molecular flexibility index (Phi) is 4.76. The number of aromatic amines is 1. The summed E-state index contributed by atoms with van der Waals surface area (Å²) < 4.78 is 0.555. The number of halogens is 1. The van der Waals surface area contributed by atoms with Gasteiger partial charge in [0.05, 0.1) is 5.69 Å². The highest BCUT2D eigenvalue weighted by Crippen LogP contribution is 2.16. The van der Waals surface area contributed by atoms with Gasteiger partial charge in [-0.15, -0.1) is 0 Å². The molecule has 0 aliphatic rings. The van der Waals surface area contributed by atoms with Crippen LogP contribution in [0.2, 0.25) is 0 Å². The van der Waals surface area contributed by atoms with E-state index in [1.807, 2.05) is 12.1 Å². The molecule has 1 aromatic heterocycles. The second-order valence-corrected chi connectivity index (χ2v) is 6.27. The van der Waals surface area contributed by atoms with Crippen molar-refractivity contribution in [1.82, 2.24) is 9.97 Å². The van der Waals surface area contributed by atoms with Crippen LogP contribution < -0.4 is 5.56 Å². The number of aryl methyl sites for hydroxylation is 1. The molecule has 0 bridgehead atoms. The molecule has 20 heavy (non-hydrogen) atoms. The fourth-order valence-corrected chi connectivity index (χ4v) is 2.50. The van der Waals surface area contributed by atoms with Crippen LogP contribution in [0.5, 0.6) is 0 Å². The minimum Gasteiger partial charge on any atom is -0.309 e. The van der Waals surface area contributed by atoms with Crippen molar-refractivity contribution in [2.24, 2.45) is 5.92 Å². The average Bonchev–Trinajstić information content (AvgIpc) is 2.37. The molecule has 0 spiro atoms. The Bertz CT molecular complexity index is 662. The van der Waals surface area contributed by atoms with E-state index in [9.17, 15) is 4.79 Å². The first-order valence-corrected chi connectivity index (χ1v) is 7.58. The molecule has 0 amide bonds. The summed E-state index contributed by atoms with van der Waals surface area (Å²) in [6.45, 7) is 6.31. The van der Waals surface area contributed by atoms with E-state index in [0.717, 1.165) is 17.9 Å². The number of hydrogen-bond acceptors (Lipinski definition) is 2. The van der Waals surface area contributed by atoms with Crippen molar-refractivity contribution in [3.63, 3.8) is 0 Å². The lowest BCUT2D eigenvalue weighted by Crippen LogP contribution is -2.17. The van der Waals surface area contributed by atoms with Crippen LogP contribution in [0, 0.1) is 12.8 Å². The van der Waals surface area contributed by atoms with Gasteiger partial charge in [0.15, 0.2) is 0 Å². The topological polar surface area (TPSA) is 45.8 Å². The van der Waals surface area contributed by atoms with E-state index < -0.39 is 0 Å². The number of H-pyrrole nitrogens is 1. The summed E-state index contributed by atoms with van der Waals surface area (Å²) >= 11 is 3.34. The van der Waals surface area contributed by atoms with Gasteiger partial charge in [-0.1, -0.05) is 38.1 Å². The Morgan fingerprint density at radius 3 is 2.65 bits per heavy atom. The third kappa shape index (κ3) is 3.57.